The van der Waals surface area contributed by atoms with E-state index in [1.807, 2.05) is 13.8 Å². The van der Waals surface area contributed by atoms with E-state index in [0.717, 1.165) is 19.3 Å². The van der Waals surface area contributed by atoms with E-state index in [-0.39, 0.29) is 5.97 Å². The van der Waals surface area contributed by atoms with Crippen molar-refractivity contribution in [2.75, 3.05) is 0 Å². The molecule has 0 heterocycles. The molecule has 2 nitrogen and oxygen atoms in total. The van der Waals surface area contributed by atoms with Crippen LogP contribution in [0.5, 0.6) is 0 Å². The van der Waals surface area contributed by atoms with E-state index in [1.54, 1.807) is 0 Å². The maximum atomic E-state index is 11.1. The maximum absolute atomic E-state index is 11.1. The molecule has 0 amide bonds. The van der Waals surface area contributed by atoms with Crippen LogP contribution in [0.3, 0.4) is 0 Å². The minimum Gasteiger partial charge on any atom is -0.446 e. The Morgan fingerprint density at radius 3 is 2.54 bits per heavy atom. The molecule has 3 heteroatoms. The van der Waals surface area contributed by atoms with Crippen LogP contribution >= 0.6 is 11.6 Å². The van der Waals surface area contributed by atoms with Gasteiger partial charge in [-0.3, -0.25) is 4.79 Å². The Kier molecular flexibility index (Phi) is 7.06. The van der Waals surface area contributed by atoms with Crippen molar-refractivity contribution in [3.05, 3.63) is 0 Å². The van der Waals surface area contributed by atoms with Gasteiger partial charge in [-0.25, -0.2) is 0 Å². The highest BCUT2D eigenvalue weighted by molar-refractivity contribution is 6.20. The average Bonchev–Trinajstić information content (AvgIpc) is 1.98. The summed E-state index contributed by atoms with van der Waals surface area (Å²) in [5, 5.41) is 0. The van der Waals surface area contributed by atoms with E-state index < -0.39 is 5.56 Å². The van der Waals surface area contributed by atoms with Crippen molar-refractivity contribution < 1.29 is 9.53 Å². The smallest absolute Gasteiger partial charge is 0.307 e. The topological polar surface area (TPSA) is 26.3 Å². The molecular formula is C10H19ClO2. The Morgan fingerprint density at radius 2 is 2.08 bits per heavy atom. The van der Waals surface area contributed by atoms with E-state index in [1.165, 1.54) is 0 Å². The predicted molar refractivity (Wildman–Crippen MR) is 54.7 cm³/mol. The highest BCUT2D eigenvalue weighted by atomic mass is 35.5. The highest BCUT2D eigenvalue weighted by Crippen LogP contribution is 2.11. The number of esters is 1. The van der Waals surface area contributed by atoms with Gasteiger partial charge in [0.2, 0.25) is 0 Å². The zero-order valence-corrected chi connectivity index (χ0v) is 9.43. The van der Waals surface area contributed by atoms with E-state index >= 15 is 0 Å². The second kappa shape index (κ2) is 7.19. The van der Waals surface area contributed by atoms with Gasteiger partial charge in [-0.1, -0.05) is 38.8 Å². The Bertz CT molecular complexity index is 146. The highest BCUT2D eigenvalue weighted by Gasteiger charge is 2.11. The number of hydrogen-bond donors (Lipinski definition) is 0. The quantitative estimate of drug-likeness (QED) is 0.492. The summed E-state index contributed by atoms with van der Waals surface area (Å²) >= 11 is 5.79. The number of ether oxygens (including phenoxy) is 1. The maximum Gasteiger partial charge on any atom is 0.307 e. The van der Waals surface area contributed by atoms with Crippen molar-refractivity contribution in [3.63, 3.8) is 0 Å². The molecule has 0 aromatic heterocycles. The van der Waals surface area contributed by atoms with Gasteiger partial charge in [-0.2, -0.15) is 0 Å². The molecule has 0 bridgehead atoms. The summed E-state index contributed by atoms with van der Waals surface area (Å²) in [5.41, 5.74) is -0.439. The average molecular weight is 207 g/mol. The van der Waals surface area contributed by atoms with Gasteiger partial charge in [-0.15, -0.1) is 0 Å². The molecule has 0 N–H and O–H groups in total. The molecule has 0 aliphatic rings. The summed E-state index contributed by atoms with van der Waals surface area (Å²) in [6, 6.07) is 0. The Balaban J connectivity index is 3.53. The van der Waals surface area contributed by atoms with Gasteiger partial charge < -0.3 is 4.74 Å². The van der Waals surface area contributed by atoms with E-state index in [0.29, 0.717) is 12.3 Å². The molecule has 13 heavy (non-hydrogen) atoms. The molecule has 0 spiro atoms. The summed E-state index contributed by atoms with van der Waals surface area (Å²) in [6.07, 6.45) is 3.28. The number of rotatable bonds is 6. The van der Waals surface area contributed by atoms with Gasteiger partial charge in [0.25, 0.3) is 0 Å². The number of unbranched alkanes of at least 4 members (excludes halogenated alkanes) is 1. The van der Waals surface area contributed by atoms with Gasteiger partial charge in [0.1, 0.15) is 0 Å². The van der Waals surface area contributed by atoms with Crippen molar-refractivity contribution in [1.29, 1.82) is 0 Å². The minimum atomic E-state index is -0.439. The fourth-order valence-corrected chi connectivity index (χ4v) is 1.20. The van der Waals surface area contributed by atoms with Crippen molar-refractivity contribution in [1.82, 2.24) is 0 Å². The molecule has 78 valence electrons. The molecule has 0 aliphatic heterocycles. The number of carbonyl (C=O) groups is 1. The second-order valence-corrected chi connectivity index (χ2v) is 4.13. The molecule has 0 aromatic carbocycles. The third kappa shape index (κ3) is 8.10. The Morgan fingerprint density at radius 1 is 1.46 bits per heavy atom. The lowest BCUT2D eigenvalue weighted by molar-refractivity contribution is -0.146. The van der Waals surface area contributed by atoms with E-state index in [2.05, 4.69) is 6.92 Å². The molecule has 0 fully saturated rings. The second-order valence-electron chi connectivity index (χ2n) is 3.64. The van der Waals surface area contributed by atoms with Crippen LogP contribution in [0, 0.1) is 5.92 Å². The standard InChI is InChI=1S/C10H19ClO2/c1-4-5-6-9(11)13-10(12)7-8(2)3/h8-9H,4-7H2,1-3H3. The molecule has 1 unspecified atom stereocenters. The predicted octanol–water partition coefficient (Wildman–Crippen LogP) is 3.33. The molecule has 0 saturated heterocycles. The van der Waals surface area contributed by atoms with Crippen molar-refractivity contribution in [3.8, 4) is 0 Å². The normalized spacial score (nSPS) is 13.0. The van der Waals surface area contributed by atoms with Crippen LogP contribution in [0.15, 0.2) is 0 Å². The first-order valence-corrected chi connectivity index (χ1v) is 5.33. The van der Waals surface area contributed by atoms with Crippen LogP contribution in [0.1, 0.15) is 46.5 Å². The Labute approximate surface area is 85.6 Å². The summed E-state index contributed by atoms with van der Waals surface area (Å²) in [7, 11) is 0. The molecule has 0 aromatic rings. The van der Waals surface area contributed by atoms with Gasteiger partial charge in [0, 0.05) is 6.42 Å². The molecular weight excluding hydrogens is 188 g/mol. The fourth-order valence-electron chi connectivity index (χ4n) is 0.948. The van der Waals surface area contributed by atoms with Gasteiger partial charge in [-0.05, 0) is 18.8 Å². The summed E-state index contributed by atoms with van der Waals surface area (Å²) < 4.78 is 4.99. The van der Waals surface area contributed by atoms with E-state index in [4.69, 9.17) is 16.3 Å². The first-order valence-electron chi connectivity index (χ1n) is 4.89. The van der Waals surface area contributed by atoms with Crippen LogP contribution in [-0.4, -0.2) is 11.5 Å². The first kappa shape index (κ1) is 12.8. The summed E-state index contributed by atoms with van der Waals surface area (Å²) in [4.78, 5) is 11.1. The van der Waals surface area contributed by atoms with Crippen LogP contribution in [-0.2, 0) is 9.53 Å². The van der Waals surface area contributed by atoms with Crippen molar-refractivity contribution in [2.24, 2.45) is 5.92 Å². The van der Waals surface area contributed by atoms with Gasteiger partial charge in [0.05, 0.1) is 0 Å². The largest absolute Gasteiger partial charge is 0.446 e. The van der Waals surface area contributed by atoms with Crippen molar-refractivity contribution in [2.45, 2.75) is 52.0 Å². The van der Waals surface area contributed by atoms with Crippen LogP contribution < -0.4 is 0 Å². The van der Waals surface area contributed by atoms with Crippen LogP contribution in [0.2, 0.25) is 0 Å². The third-order valence-corrected chi connectivity index (χ3v) is 1.93. The molecule has 0 saturated carbocycles. The molecule has 0 radical (unpaired) electrons. The lowest BCUT2D eigenvalue weighted by Crippen LogP contribution is -2.14. The lowest BCUT2D eigenvalue weighted by atomic mass is 10.1. The SMILES string of the molecule is CCCCC(Cl)OC(=O)CC(C)C. The Hall–Kier alpha value is -0.240. The lowest BCUT2D eigenvalue weighted by Gasteiger charge is -2.11. The van der Waals surface area contributed by atoms with E-state index in [9.17, 15) is 4.79 Å². The van der Waals surface area contributed by atoms with Crippen LogP contribution in [0.25, 0.3) is 0 Å². The number of hydrogen-bond acceptors (Lipinski definition) is 2. The van der Waals surface area contributed by atoms with Gasteiger partial charge in [0.15, 0.2) is 5.56 Å². The van der Waals surface area contributed by atoms with Gasteiger partial charge >= 0.3 is 5.97 Å². The zero-order chi connectivity index (χ0) is 10.3. The monoisotopic (exact) mass is 206 g/mol. The third-order valence-electron chi connectivity index (χ3n) is 1.62. The van der Waals surface area contributed by atoms with Crippen molar-refractivity contribution >= 4 is 17.6 Å². The summed E-state index contributed by atoms with van der Waals surface area (Å²) in [5.74, 6) is 0.147. The fraction of sp³-hybridized carbons (Fsp3) is 0.900. The number of carbonyl (C=O) groups excluding carboxylic acids is 1. The molecule has 0 aliphatic carbocycles. The number of halogens is 1. The van der Waals surface area contributed by atoms with Crippen LogP contribution in [0.4, 0.5) is 0 Å². The summed E-state index contributed by atoms with van der Waals surface area (Å²) in [6.45, 7) is 6.05. The minimum absolute atomic E-state index is 0.189. The number of alkyl halides is 1. The molecule has 1 atom stereocenters. The zero-order valence-electron chi connectivity index (χ0n) is 8.68. The first-order chi connectivity index (χ1) is 6.06. The molecule has 0 rings (SSSR count).